The largest absolute Gasteiger partial charge is 0.302 e. The molecule has 8 heteroatoms. The molecule has 0 aliphatic carbocycles. The average molecular weight is 437 g/mol. The summed E-state index contributed by atoms with van der Waals surface area (Å²) in [6, 6.07) is 3.85. The molecule has 0 aliphatic rings. The standard InChI is InChI=1S/C20H25ClN4OS2/c1-6-24(7-2)10-11-25(19(26)17-13(4)22-14(5)27-17)20-23-16-12(3)8-9-15(21)18(16)28-20/h8-9H,6-7,10-11H2,1-5H3. The van der Waals surface area contributed by atoms with E-state index in [-0.39, 0.29) is 5.91 Å². The van der Waals surface area contributed by atoms with E-state index in [1.807, 2.05) is 32.9 Å². The number of likely N-dealkylation sites (N-methyl/N-ethyl adjacent to an activating group) is 1. The summed E-state index contributed by atoms with van der Waals surface area (Å²) in [6.45, 7) is 13.4. The minimum absolute atomic E-state index is 0.0388. The van der Waals surface area contributed by atoms with Gasteiger partial charge in [-0.3, -0.25) is 9.69 Å². The second-order valence-corrected chi connectivity index (χ2v) is 9.26. The van der Waals surface area contributed by atoms with E-state index >= 15 is 0 Å². The van der Waals surface area contributed by atoms with Gasteiger partial charge < -0.3 is 4.90 Å². The van der Waals surface area contributed by atoms with Crippen LogP contribution in [0.3, 0.4) is 0 Å². The first-order valence-electron chi connectivity index (χ1n) is 9.39. The van der Waals surface area contributed by atoms with E-state index < -0.39 is 0 Å². The Kier molecular flexibility index (Phi) is 6.70. The predicted octanol–water partition coefficient (Wildman–Crippen LogP) is 5.32. The summed E-state index contributed by atoms with van der Waals surface area (Å²) >= 11 is 9.31. The molecule has 5 nitrogen and oxygen atoms in total. The maximum absolute atomic E-state index is 13.4. The fourth-order valence-electron chi connectivity index (χ4n) is 3.12. The lowest BCUT2D eigenvalue weighted by atomic mass is 10.2. The van der Waals surface area contributed by atoms with Crippen LogP contribution in [0.5, 0.6) is 0 Å². The molecule has 0 spiro atoms. The van der Waals surface area contributed by atoms with Crippen molar-refractivity contribution in [2.24, 2.45) is 0 Å². The number of halogens is 1. The molecule has 0 unspecified atom stereocenters. The molecule has 0 radical (unpaired) electrons. The van der Waals surface area contributed by atoms with Gasteiger partial charge in [0.05, 0.1) is 25.9 Å². The minimum atomic E-state index is -0.0388. The smallest absolute Gasteiger partial charge is 0.272 e. The summed E-state index contributed by atoms with van der Waals surface area (Å²) in [5.74, 6) is -0.0388. The number of fused-ring (bicyclic) bond motifs is 1. The van der Waals surface area contributed by atoms with Crippen LogP contribution in [0, 0.1) is 20.8 Å². The Morgan fingerprint density at radius 3 is 2.36 bits per heavy atom. The molecule has 3 rings (SSSR count). The second kappa shape index (κ2) is 8.86. The van der Waals surface area contributed by atoms with Crippen LogP contribution in [0.15, 0.2) is 12.1 Å². The van der Waals surface area contributed by atoms with Gasteiger partial charge in [-0.2, -0.15) is 0 Å². The van der Waals surface area contributed by atoms with Gasteiger partial charge in [-0.15, -0.1) is 11.3 Å². The Hall–Kier alpha value is -1.54. The van der Waals surface area contributed by atoms with E-state index in [0.717, 1.165) is 46.1 Å². The molecule has 2 heterocycles. The number of carbonyl (C=O) groups is 1. The second-order valence-electron chi connectivity index (χ2n) is 6.67. The number of aromatic nitrogens is 2. The van der Waals surface area contributed by atoms with Crippen LogP contribution in [0.2, 0.25) is 5.02 Å². The molecule has 0 saturated heterocycles. The predicted molar refractivity (Wildman–Crippen MR) is 120 cm³/mol. The summed E-state index contributed by atoms with van der Waals surface area (Å²) in [6.07, 6.45) is 0. The molecule has 28 heavy (non-hydrogen) atoms. The Morgan fingerprint density at radius 2 is 1.79 bits per heavy atom. The topological polar surface area (TPSA) is 49.3 Å². The fourth-order valence-corrected chi connectivity index (χ4v) is 5.33. The zero-order valence-corrected chi connectivity index (χ0v) is 19.3. The van der Waals surface area contributed by atoms with Gasteiger partial charge in [0.15, 0.2) is 5.13 Å². The maximum atomic E-state index is 13.4. The van der Waals surface area contributed by atoms with Crippen LogP contribution in [-0.2, 0) is 0 Å². The monoisotopic (exact) mass is 436 g/mol. The Morgan fingerprint density at radius 1 is 1.07 bits per heavy atom. The van der Waals surface area contributed by atoms with Crippen LogP contribution >= 0.6 is 34.3 Å². The number of anilines is 1. The molecular formula is C20H25ClN4OS2. The summed E-state index contributed by atoms with van der Waals surface area (Å²) in [4.78, 5) is 27.4. The van der Waals surface area contributed by atoms with Crippen molar-refractivity contribution in [1.29, 1.82) is 0 Å². The number of nitrogens with zero attached hydrogens (tertiary/aromatic N) is 4. The minimum Gasteiger partial charge on any atom is -0.302 e. The van der Waals surface area contributed by atoms with Crippen molar-refractivity contribution < 1.29 is 4.79 Å². The molecule has 0 fully saturated rings. The van der Waals surface area contributed by atoms with E-state index in [4.69, 9.17) is 16.6 Å². The summed E-state index contributed by atoms with van der Waals surface area (Å²) in [5, 5.41) is 2.26. The molecule has 3 aromatic rings. The van der Waals surface area contributed by atoms with Crippen LogP contribution in [-0.4, -0.2) is 47.0 Å². The van der Waals surface area contributed by atoms with Crippen LogP contribution in [0.1, 0.15) is 39.8 Å². The molecule has 1 aromatic carbocycles. The van der Waals surface area contributed by atoms with Crippen molar-refractivity contribution in [3.8, 4) is 0 Å². The van der Waals surface area contributed by atoms with E-state index in [1.165, 1.54) is 22.7 Å². The lowest BCUT2D eigenvalue weighted by Gasteiger charge is -2.24. The fraction of sp³-hybridized carbons (Fsp3) is 0.450. The van der Waals surface area contributed by atoms with Crippen molar-refractivity contribution >= 4 is 55.5 Å². The highest BCUT2D eigenvalue weighted by Gasteiger charge is 2.26. The van der Waals surface area contributed by atoms with E-state index in [9.17, 15) is 4.79 Å². The van der Waals surface area contributed by atoms with Gasteiger partial charge in [-0.05, 0) is 45.5 Å². The first kappa shape index (κ1) is 21.2. The number of hydrogen-bond acceptors (Lipinski definition) is 6. The third kappa shape index (κ3) is 4.22. The zero-order chi connectivity index (χ0) is 20.4. The number of benzene rings is 1. The molecule has 150 valence electrons. The molecule has 0 saturated carbocycles. The number of hydrogen-bond donors (Lipinski definition) is 0. The Balaban J connectivity index is 2.03. The summed E-state index contributed by atoms with van der Waals surface area (Å²) < 4.78 is 0.925. The number of aryl methyl sites for hydroxylation is 3. The Labute approximate surface area is 179 Å². The SMILES string of the molecule is CCN(CC)CCN(C(=O)c1sc(C)nc1C)c1nc2c(C)ccc(Cl)c2s1. The molecule has 0 bridgehead atoms. The highest BCUT2D eigenvalue weighted by atomic mass is 35.5. The highest BCUT2D eigenvalue weighted by Crippen LogP contribution is 2.36. The first-order chi connectivity index (χ1) is 13.3. The van der Waals surface area contributed by atoms with Gasteiger partial charge in [0.1, 0.15) is 4.88 Å². The van der Waals surface area contributed by atoms with Crippen molar-refractivity contribution in [3.63, 3.8) is 0 Å². The van der Waals surface area contributed by atoms with Gasteiger partial charge in [-0.1, -0.05) is 42.9 Å². The van der Waals surface area contributed by atoms with Crippen molar-refractivity contribution in [2.45, 2.75) is 34.6 Å². The van der Waals surface area contributed by atoms with E-state index in [1.54, 1.807) is 4.90 Å². The maximum Gasteiger partial charge on any atom is 0.272 e. The van der Waals surface area contributed by atoms with Crippen LogP contribution < -0.4 is 4.90 Å². The lowest BCUT2D eigenvalue weighted by Crippen LogP contribution is -2.38. The molecule has 1 amide bonds. The first-order valence-corrected chi connectivity index (χ1v) is 11.4. The van der Waals surface area contributed by atoms with Crippen LogP contribution in [0.4, 0.5) is 5.13 Å². The van der Waals surface area contributed by atoms with E-state index in [0.29, 0.717) is 21.6 Å². The number of carbonyl (C=O) groups excluding carboxylic acids is 1. The van der Waals surface area contributed by atoms with Crippen molar-refractivity contribution in [1.82, 2.24) is 14.9 Å². The van der Waals surface area contributed by atoms with Gasteiger partial charge >= 0.3 is 0 Å². The molecule has 0 aliphatic heterocycles. The number of rotatable bonds is 7. The third-order valence-corrected chi connectivity index (χ3v) is 7.39. The van der Waals surface area contributed by atoms with Crippen molar-refractivity contribution in [3.05, 3.63) is 38.3 Å². The van der Waals surface area contributed by atoms with Crippen molar-refractivity contribution in [2.75, 3.05) is 31.1 Å². The van der Waals surface area contributed by atoms with Gasteiger partial charge in [0.25, 0.3) is 5.91 Å². The lowest BCUT2D eigenvalue weighted by molar-refractivity contribution is 0.0987. The number of amides is 1. The van der Waals surface area contributed by atoms with Crippen LogP contribution in [0.25, 0.3) is 10.2 Å². The quantitative estimate of drug-likeness (QED) is 0.502. The third-order valence-electron chi connectivity index (χ3n) is 4.79. The Bertz CT molecular complexity index is 955. The molecule has 0 N–H and O–H groups in total. The molecular weight excluding hydrogens is 412 g/mol. The number of thiazole rings is 2. The summed E-state index contributed by atoms with van der Waals surface area (Å²) in [7, 11) is 0. The molecule has 2 aromatic heterocycles. The zero-order valence-electron chi connectivity index (χ0n) is 16.9. The van der Waals surface area contributed by atoms with Gasteiger partial charge in [0, 0.05) is 13.1 Å². The molecule has 0 atom stereocenters. The van der Waals surface area contributed by atoms with E-state index in [2.05, 4.69) is 23.7 Å². The average Bonchev–Trinajstić information content (AvgIpc) is 3.26. The van der Waals surface area contributed by atoms with Gasteiger partial charge in [0.2, 0.25) is 0 Å². The van der Waals surface area contributed by atoms with Gasteiger partial charge in [-0.25, -0.2) is 9.97 Å². The summed E-state index contributed by atoms with van der Waals surface area (Å²) in [5.41, 5.74) is 2.70. The highest BCUT2D eigenvalue weighted by molar-refractivity contribution is 7.23. The normalized spacial score (nSPS) is 11.5.